The SMILES string of the molecule is OS.OS. The molecule has 4 heteroatoms. The lowest BCUT2D eigenvalue weighted by Gasteiger charge is -1.19. The average Bonchev–Trinajstić information content (AvgIpc) is 1.50. The van der Waals surface area contributed by atoms with Crippen LogP contribution in [0.15, 0.2) is 0 Å². The Kier molecular flexibility index (Phi) is 143. The van der Waals surface area contributed by atoms with E-state index in [4.69, 9.17) is 9.11 Å². The van der Waals surface area contributed by atoms with Crippen molar-refractivity contribution >= 4 is 25.8 Å². The first-order valence-corrected chi connectivity index (χ1v) is 1.20. The Morgan fingerprint density at radius 3 is 0.750 bits per heavy atom. The summed E-state index contributed by atoms with van der Waals surface area (Å²) in [6.45, 7) is 0. The number of rotatable bonds is 0. The minimum atomic E-state index is 2.53. The fraction of sp³-hybridized carbons (Fsp3) is 0. The fourth-order valence-electron chi connectivity index (χ4n) is 0. The van der Waals surface area contributed by atoms with E-state index in [0.29, 0.717) is 0 Å². The van der Waals surface area contributed by atoms with Crippen molar-refractivity contribution in [2.45, 2.75) is 0 Å². The standard InChI is InChI=1S/2H2OS/c2*1-2/h2*1-2H. The van der Waals surface area contributed by atoms with E-state index in [1.54, 1.807) is 0 Å². The quantitative estimate of drug-likeness (QED) is 0.268. The molecule has 0 aromatic heterocycles. The summed E-state index contributed by atoms with van der Waals surface area (Å²) in [5, 5.41) is 0. The van der Waals surface area contributed by atoms with E-state index in [9.17, 15) is 0 Å². The molecule has 0 heterocycles. The van der Waals surface area contributed by atoms with Crippen LogP contribution in [0.2, 0.25) is 0 Å². The summed E-state index contributed by atoms with van der Waals surface area (Å²) in [6.07, 6.45) is 0. The Balaban J connectivity index is 0. The largest absolute Gasteiger partial charge is 0.333 e. The average molecular weight is 100 g/mol. The highest BCUT2D eigenvalue weighted by molar-refractivity contribution is 7.74. The molecule has 0 bridgehead atoms. The van der Waals surface area contributed by atoms with Crippen molar-refractivity contribution in [2.24, 2.45) is 0 Å². The Bertz CT molecular complexity index is 4.00. The van der Waals surface area contributed by atoms with E-state index < -0.39 is 0 Å². The summed E-state index contributed by atoms with van der Waals surface area (Å²) < 4.78 is 13.4. The molecular formula is H4O2S2. The lowest BCUT2D eigenvalue weighted by Crippen LogP contribution is -0.925. The lowest BCUT2D eigenvalue weighted by molar-refractivity contribution is 0.678. The number of hydrogen-bond donors (Lipinski definition) is 4. The maximum atomic E-state index is 6.69. The molecule has 0 amide bonds. The molecule has 0 aliphatic rings. The van der Waals surface area contributed by atoms with Gasteiger partial charge in [-0.05, 0) is 25.8 Å². The molecule has 4 heavy (non-hydrogen) atoms. The van der Waals surface area contributed by atoms with Crippen LogP contribution in [0.4, 0.5) is 0 Å². The normalized spacial score (nSPS) is 3.00. The summed E-state index contributed by atoms with van der Waals surface area (Å²) in [5.74, 6) is 0. The molecule has 2 nitrogen and oxygen atoms in total. The Labute approximate surface area is 35.7 Å². The van der Waals surface area contributed by atoms with Crippen molar-refractivity contribution < 1.29 is 9.11 Å². The molecule has 0 rings (SSSR count). The number of hydrogen-bond acceptors (Lipinski definition) is 4. The van der Waals surface area contributed by atoms with Gasteiger partial charge in [-0.3, -0.25) is 0 Å². The molecule has 0 aliphatic heterocycles. The van der Waals surface area contributed by atoms with Crippen molar-refractivity contribution in [3.05, 3.63) is 0 Å². The first-order chi connectivity index (χ1) is 2.00. The van der Waals surface area contributed by atoms with Gasteiger partial charge in [0, 0.05) is 0 Å². The molecule has 0 spiro atoms. The molecule has 0 atom stereocenters. The van der Waals surface area contributed by atoms with Gasteiger partial charge in [0.15, 0.2) is 0 Å². The van der Waals surface area contributed by atoms with Crippen LogP contribution in [-0.4, -0.2) is 9.11 Å². The predicted octanol–water partition coefficient (Wildman–Crippen LogP) is 0.778. The first kappa shape index (κ1) is 8.82. The van der Waals surface area contributed by atoms with Crippen LogP contribution in [-0.2, 0) is 0 Å². The summed E-state index contributed by atoms with van der Waals surface area (Å²) in [7, 11) is 0. The Hall–Kier alpha value is 0.620. The van der Waals surface area contributed by atoms with Gasteiger partial charge in [0.1, 0.15) is 0 Å². The van der Waals surface area contributed by atoms with Crippen molar-refractivity contribution in [3.63, 3.8) is 0 Å². The third-order valence-corrected chi connectivity index (χ3v) is 0. The minimum Gasteiger partial charge on any atom is -0.333 e. The highest BCUT2D eigenvalue weighted by Gasteiger charge is 0.832. The summed E-state index contributed by atoms with van der Waals surface area (Å²) in [6, 6.07) is 0. The van der Waals surface area contributed by atoms with E-state index in [2.05, 4.69) is 25.8 Å². The van der Waals surface area contributed by atoms with Crippen LogP contribution < -0.4 is 0 Å². The zero-order valence-electron chi connectivity index (χ0n) is 1.79. The molecule has 2 N–H and O–H groups in total. The second-order valence-corrected chi connectivity index (χ2v) is 0. The Morgan fingerprint density at radius 2 is 0.750 bits per heavy atom. The Morgan fingerprint density at radius 1 is 0.750 bits per heavy atom. The molecule has 0 saturated carbocycles. The monoisotopic (exact) mass is 100.0 g/mol. The molecule has 0 unspecified atom stereocenters. The van der Waals surface area contributed by atoms with Crippen molar-refractivity contribution in [1.82, 2.24) is 0 Å². The maximum absolute atomic E-state index is 6.69. The van der Waals surface area contributed by atoms with E-state index in [1.165, 1.54) is 0 Å². The molecule has 0 fully saturated rings. The molecule has 28 valence electrons. The van der Waals surface area contributed by atoms with Crippen LogP contribution in [0.5, 0.6) is 0 Å². The van der Waals surface area contributed by atoms with Crippen LogP contribution >= 0.6 is 25.8 Å². The van der Waals surface area contributed by atoms with E-state index in [0.717, 1.165) is 0 Å². The highest BCUT2D eigenvalue weighted by Crippen LogP contribution is 1.29. The smallest absolute Gasteiger partial charge is 0.0295 e. The predicted molar refractivity (Wildman–Crippen MR) is 23.2 cm³/mol. The fourth-order valence-corrected chi connectivity index (χ4v) is 0. The second kappa shape index (κ2) is 64.6. The second-order valence-electron chi connectivity index (χ2n) is 0. The third-order valence-electron chi connectivity index (χ3n) is 0. The van der Waals surface area contributed by atoms with E-state index in [-0.39, 0.29) is 0 Å². The van der Waals surface area contributed by atoms with Crippen LogP contribution in [0.3, 0.4) is 0 Å². The van der Waals surface area contributed by atoms with Crippen molar-refractivity contribution in [3.8, 4) is 0 Å². The highest BCUT2D eigenvalue weighted by atomic mass is 32.1. The molecule has 0 radical (unpaired) electrons. The van der Waals surface area contributed by atoms with Crippen LogP contribution in [0, 0.1) is 0 Å². The van der Waals surface area contributed by atoms with Gasteiger partial charge in [-0.15, -0.1) is 0 Å². The third kappa shape index (κ3) is 17.9. The summed E-state index contributed by atoms with van der Waals surface area (Å²) >= 11 is 5.06. The summed E-state index contributed by atoms with van der Waals surface area (Å²) in [4.78, 5) is 0. The van der Waals surface area contributed by atoms with E-state index >= 15 is 0 Å². The molecule has 0 saturated heterocycles. The maximum Gasteiger partial charge on any atom is -0.0295 e. The topological polar surface area (TPSA) is 40.5 Å². The van der Waals surface area contributed by atoms with Gasteiger partial charge < -0.3 is 9.11 Å². The van der Waals surface area contributed by atoms with Gasteiger partial charge in [0.2, 0.25) is 0 Å². The minimum absolute atomic E-state index is 2.53. The molecule has 0 aromatic carbocycles. The van der Waals surface area contributed by atoms with Crippen LogP contribution in [0.25, 0.3) is 0 Å². The van der Waals surface area contributed by atoms with Crippen molar-refractivity contribution in [2.75, 3.05) is 0 Å². The van der Waals surface area contributed by atoms with Crippen molar-refractivity contribution in [1.29, 1.82) is 0 Å². The lowest BCUT2D eigenvalue weighted by atomic mass is 15.9. The van der Waals surface area contributed by atoms with Gasteiger partial charge in [-0.25, -0.2) is 0 Å². The summed E-state index contributed by atoms with van der Waals surface area (Å²) in [5.41, 5.74) is 0. The van der Waals surface area contributed by atoms with Gasteiger partial charge in [0.25, 0.3) is 0 Å². The molecular weight excluding hydrogens is 96.1 g/mol. The van der Waals surface area contributed by atoms with Gasteiger partial charge in [-0.1, -0.05) is 0 Å². The zero-order chi connectivity index (χ0) is 4.00. The molecule has 0 aromatic rings. The van der Waals surface area contributed by atoms with Gasteiger partial charge in [-0.2, -0.15) is 0 Å². The first-order valence-electron chi connectivity index (χ1n) is 0.400. The van der Waals surface area contributed by atoms with Crippen LogP contribution in [0.1, 0.15) is 0 Å². The van der Waals surface area contributed by atoms with Gasteiger partial charge in [0.05, 0.1) is 0 Å². The zero-order valence-corrected chi connectivity index (χ0v) is 3.58. The number of thiol groups is 2. The molecule has 0 aliphatic carbocycles. The van der Waals surface area contributed by atoms with E-state index in [1.807, 2.05) is 0 Å². The van der Waals surface area contributed by atoms with Gasteiger partial charge >= 0.3 is 0 Å².